The number of hydrogen-bond donors (Lipinski definition) is 0. The van der Waals surface area contributed by atoms with Gasteiger partial charge in [0.15, 0.2) is 0 Å². The number of nitro benzene ring substituents is 2. The molecule has 0 N–H and O–H groups in total. The molecule has 160 valence electrons. The molecule has 0 atom stereocenters. The Hall–Kier alpha value is -3.05. The fourth-order valence-corrected chi connectivity index (χ4v) is 4.98. The Morgan fingerprint density at radius 1 is 0.969 bits per heavy atom. The lowest BCUT2D eigenvalue weighted by atomic mass is 10.0. The highest BCUT2D eigenvalue weighted by Gasteiger charge is 2.13. The van der Waals surface area contributed by atoms with Crippen molar-refractivity contribution in [2.45, 2.75) is 6.61 Å². The van der Waals surface area contributed by atoms with E-state index >= 15 is 0 Å². The van der Waals surface area contributed by atoms with Crippen LogP contribution in [0.5, 0.6) is 5.75 Å². The number of halogens is 2. The average molecular weight is 653 g/mol. The Bertz CT molecular complexity index is 1260. The molecule has 32 heavy (non-hydrogen) atoms. The molecule has 0 unspecified atom stereocenters. The van der Waals surface area contributed by atoms with Crippen molar-refractivity contribution in [2.24, 2.45) is 0 Å². The Balaban J connectivity index is 1.85. The lowest BCUT2D eigenvalue weighted by Gasteiger charge is -2.12. The molecule has 0 saturated carbocycles. The molecule has 0 spiro atoms. The number of ether oxygens (including phenoxy) is 1. The maximum Gasteiger partial charge on any atom is 0.270 e. The van der Waals surface area contributed by atoms with E-state index in [-0.39, 0.29) is 18.0 Å². The highest BCUT2D eigenvalue weighted by Crippen LogP contribution is 2.32. The fourth-order valence-electron chi connectivity index (χ4n) is 2.85. The molecule has 0 aliphatic heterocycles. The minimum absolute atomic E-state index is 0.00107. The number of non-ortho nitro benzene ring substituents is 2. The molecule has 3 rings (SSSR count). The van der Waals surface area contributed by atoms with E-state index in [0.29, 0.717) is 22.4 Å². The second-order valence-corrected chi connectivity index (χ2v) is 8.83. The van der Waals surface area contributed by atoms with Crippen molar-refractivity contribution in [3.63, 3.8) is 0 Å². The van der Waals surface area contributed by atoms with E-state index < -0.39 is 9.85 Å². The third-order valence-corrected chi connectivity index (χ3v) is 5.93. The molecule has 0 radical (unpaired) electrons. The van der Waals surface area contributed by atoms with Crippen molar-refractivity contribution in [2.75, 3.05) is 0 Å². The standard InChI is InChI=1S/C22H13I2N3O5/c23-20-9-15(7-17(12-25)16-4-2-6-19(11-16)27(30)31)10-21(24)22(20)32-13-14-3-1-5-18(8-14)26(28)29/h1-11H,13H2/b17-7-. The van der Waals surface area contributed by atoms with Gasteiger partial charge in [0.05, 0.1) is 28.6 Å². The predicted octanol–water partition coefficient (Wildman–Crippen LogP) is 6.36. The topological polar surface area (TPSA) is 119 Å². The lowest BCUT2D eigenvalue weighted by Crippen LogP contribution is -2.00. The summed E-state index contributed by atoms with van der Waals surface area (Å²) in [6, 6.07) is 17.9. The number of allylic oxidation sites excluding steroid dienone is 1. The summed E-state index contributed by atoms with van der Waals surface area (Å²) < 4.78 is 7.49. The van der Waals surface area contributed by atoms with E-state index in [0.717, 1.165) is 12.7 Å². The van der Waals surface area contributed by atoms with Gasteiger partial charge < -0.3 is 4.74 Å². The molecule has 0 heterocycles. The number of hydrogen-bond acceptors (Lipinski definition) is 6. The first-order valence-corrected chi connectivity index (χ1v) is 11.2. The van der Waals surface area contributed by atoms with Crippen LogP contribution in [0, 0.1) is 38.7 Å². The SMILES string of the molecule is N#C/C(=C/c1cc(I)c(OCc2cccc([N+](=O)[O-])c2)c(I)c1)c1cccc([N+](=O)[O-])c1. The van der Waals surface area contributed by atoms with Gasteiger partial charge in [-0.25, -0.2) is 0 Å². The number of nitro groups is 2. The van der Waals surface area contributed by atoms with Crippen molar-refractivity contribution in [3.05, 3.63) is 105 Å². The second-order valence-electron chi connectivity index (χ2n) is 6.51. The zero-order valence-corrected chi connectivity index (χ0v) is 20.5. The van der Waals surface area contributed by atoms with Gasteiger partial charge in [0.25, 0.3) is 11.4 Å². The Morgan fingerprint density at radius 2 is 1.56 bits per heavy atom. The molecule has 0 fully saturated rings. The molecule has 0 aromatic heterocycles. The minimum Gasteiger partial charge on any atom is -0.487 e. The first-order valence-electron chi connectivity index (χ1n) is 9.00. The zero-order chi connectivity index (χ0) is 23.3. The lowest BCUT2D eigenvalue weighted by molar-refractivity contribution is -0.385. The van der Waals surface area contributed by atoms with E-state index in [9.17, 15) is 25.5 Å². The van der Waals surface area contributed by atoms with Crippen LogP contribution in [0.15, 0.2) is 60.7 Å². The van der Waals surface area contributed by atoms with Crippen LogP contribution < -0.4 is 4.74 Å². The first-order chi connectivity index (χ1) is 15.3. The molecule has 0 aliphatic carbocycles. The summed E-state index contributed by atoms with van der Waals surface area (Å²) in [4.78, 5) is 21.0. The van der Waals surface area contributed by atoms with Crippen LogP contribution in [0.25, 0.3) is 11.6 Å². The number of rotatable bonds is 7. The number of nitrogens with zero attached hydrogens (tertiary/aromatic N) is 3. The summed E-state index contributed by atoms with van der Waals surface area (Å²) in [5, 5.41) is 31.5. The van der Waals surface area contributed by atoms with Gasteiger partial charge in [-0.1, -0.05) is 24.3 Å². The molecular formula is C22H13I2N3O5. The Morgan fingerprint density at radius 3 is 2.16 bits per heavy atom. The van der Waals surface area contributed by atoms with Crippen LogP contribution in [0.2, 0.25) is 0 Å². The predicted molar refractivity (Wildman–Crippen MR) is 136 cm³/mol. The molecule has 0 aliphatic rings. The van der Waals surface area contributed by atoms with Crippen LogP contribution in [-0.4, -0.2) is 9.85 Å². The second kappa shape index (κ2) is 10.5. The summed E-state index contributed by atoms with van der Waals surface area (Å²) in [6.07, 6.45) is 1.66. The molecular weight excluding hydrogens is 640 g/mol. The van der Waals surface area contributed by atoms with Gasteiger partial charge in [0, 0.05) is 24.3 Å². The molecule has 3 aromatic carbocycles. The normalized spacial score (nSPS) is 11.0. The molecule has 0 saturated heterocycles. The van der Waals surface area contributed by atoms with E-state index in [1.807, 2.05) is 12.1 Å². The third kappa shape index (κ3) is 5.80. The van der Waals surface area contributed by atoms with Gasteiger partial charge in [-0.2, -0.15) is 5.26 Å². The first kappa shape index (κ1) is 23.6. The van der Waals surface area contributed by atoms with E-state index in [1.165, 1.54) is 30.3 Å². The Kier molecular flexibility index (Phi) is 7.75. The van der Waals surface area contributed by atoms with Crippen molar-refractivity contribution in [3.8, 4) is 11.8 Å². The van der Waals surface area contributed by atoms with Crippen LogP contribution in [-0.2, 0) is 6.61 Å². The third-order valence-electron chi connectivity index (χ3n) is 4.32. The zero-order valence-electron chi connectivity index (χ0n) is 16.2. The molecule has 8 nitrogen and oxygen atoms in total. The number of nitriles is 1. The van der Waals surface area contributed by atoms with Crippen molar-refractivity contribution in [1.29, 1.82) is 5.26 Å². The molecule has 10 heteroatoms. The summed E-state index contributed by atoms with van der Waals surface area (Å²) in [7, 11) is 0. The van der Waals surface area contributed by atoms with Gasteiger partial charge in [0.2, 0.25) is 0 Å². The van der Waals surface area contributed by atoms with Gasteiger partial charge in [-0.05, 0) is 80.1 Å². The summed E-state index contributed by atoms with van der Waals surface area (Å²) >= 11 is 4.24. The Labute approximate surface area is 210 Å². The van der Waals surface area contributed by atoms with Gasteiger partial charge in [-0.3, -0.25) is 20.2 Å². The van der Waals surface area contributed by atoms with Crippen LogP contribution in [0.4, 0.5) is 11.4 Å². The summed E-state index contributed by atoms with van der Waals surface area (Å²) in [6.45, 7) is 0.167. The fraction of sp³-hybridized carbons (Fsp3) is 0.0455. The quantitative estimate of drug-likeness (QED) is 0.0964. The van der Waals surface area contributed by atoms with E-state index in [4.69, 9.17) is 4.74 Å². The summed E-state index contributed by atoms with van der Waals surface area (Å²) in [5.74, 6) is 0.628. The van der Waals surface area contributed by atoms with Crippen molar-refractivity contribution in [1.82, 2.24) is 0 Å². The highest BCUT2D eigenvalue weighted by atomic mass is 127. The van der Waals surface area contributed by atoms with Crippen molar-refractivity contribution >= 4 is 68.2 Å². The maximum absolute atomic E-state index is 11.0. The smallest absolute Gasteiger partial charge is 0.270 e. The summed E-state index contributed by atoms with van der Waals surface area (Å²) in [5.41, 5.74) is 2.08. The van der Waals surface area contributed by atoms with Gasteiger partial charge in [0.1, 0.15) is 12.4 Å². The maximum atomic E-state index is 11.0. The monoisotopic (exact) mass is 653 g/mol. The van der Waals surface area contributed by atoms with Crippen LogP contribution in [0.1, 0.15) is 16.7 Å². The van der Waals surface area contributed by atoms with Crippen LogP contribution in [0.3, 0.4) is 0 Å². The average Bonchev–Trinajstić information content (AvgIpc) is 2.77. The van der Waals surface area contributed by atoms with Gasteiger partial charge >= 0.3 is 0 Å². The minimum atomic E-state index is -0.502. The highest BCUT2D eigenvalue weighted by molar-refractivity contribution is 14.1. The van der Waals surface area contributed by atoms with Crippen LogP contribution >= 0.6 is 45.2 Å². The van der Waals surface area contributed by atoms with Gasteiger partial charge in [-0.15, -0.1) is 0 Å². The van der Waals surface area contributed by atoms with E-state index in [1.54, 1.807) is 24.3 Å². The van der Waals surface area contributed by atoms with E-state index in [2.05, 4.69) is 51.3 Å². The largest absolute Gasteiger partial charge is 0.487 e. The molecule has 0 amide bonds. The molecule has 0 bridgehead atoms. The van der Waals surface area contributed by atoms with Crippen molar-refractivity contribution < 1.29 is 14.6 Å². The molecule has 3 aromatic rings. The number of benzene rings is 3.